The number of carbonyl (C=O) groups excluding carboxylic acids is 1. The van der Waals surface area contributed by atoms with Crippen molar-refractivity contribution in [2.45, 2.75) is 37.6 Å². The van der Waals surface area contributed by atoms with Crippen LogP contribution in [0.1, 0.15) is 26.2 Å². The monoisotopic (exact) mass is 176 g/mol. The van der Waals surface area contributed by atoms with E-state index in [1.807, 2.05) is 0 Å². The zero-order valence-electron chi connectivity index (χ0n) is 6.68. The van der Waals surface area contributed by atoms with Crippen LogP contribution in [0.5, 0.6) is 0 Å². The molecule has 11 heavy (non-hydrogen) atoms. The summed E-state index contributed by atoms with van der Waals surface area (Å²) in [5, 5.41) is 0.397. The molecular weight excluding hydrogens is 163 g/mol. The molecule has 0 radical (unpaired) electrons. The van der Waals surface area contributed by atoms with Gasteiger partial charge in [0, 0.05) is 5.25 Å². The molecule has 0 N–H and O–H groups in total. The maximum atomic E-state index is 12.8. The minimum absolute atomic E-state index is 0.322. The van der Waals surface area contributed by atoms with Gasteiger partial charge < -0.3 is 0 Å². The highest BCUT2D eigenvalue weighted by Crippen LogP contribution is 2.30. The van der Waals surface area contributed by atoms with Crippen molar-refractivity contribution >= 4 is 17.5 Å². The molecule has 0 bridgehead atoms. The van der Waals surface area contributed by atoms with Gasteiger partial charge >= 0.3 is 0 Å². The highest BCUT2D eigenvalue weighted by atomic mass is 32.2. The van der Waals surface area contributed by atoms with Crippen LogP contribution in [-0.2, 0) is 4.79 Å². The summed E-state index contributed by atoms with van der Waals surface area (Å²) in [6, 6.07) is 0. The number of hydrogen-bond donors (Lipinski definition) is 0. The largest absolute Gasteiger partial charge is 0.297 e. The van der Waals surface area contributed by atoms with Gasteiger partial charge in [-0.05, 0) is 31.9 Å². The maximum Gasteiger partial charge on any atom is 0.163 e. The Balaban J connectivity index is 2.23. The smallest absolute Gasteiger partial charge is 0.163 e. The van der Waals surface area contributed by atoms with Crippen LogP contribution in [0.2, 0.25) is 0 Å². The zero-order valence-corrected chi connectivity index (χ0v) is 7.49. The molecule has 0 aromatic carbocycles. The van der Waals surface area contributed by atoms with Crippen molar-refractivity contribution in [2.24, 2.45) is 0 Å². The molecular formula is C8H13FOS. The Morgan fingerprint density at radius 2 is 2.55 bits per heavy atom. The Bertz CT molecular complexity index is 143. The van der Waals surface area contributed by atoms with Crippen LogP contribution in [0.15, 0.2) is 0 Å². The number of halogens is 1. The molecule has 1 aliphatic heterocycles. The highest BCUT2D eigenvalue weighted by Gasteiger charge is 2.22. The van der Waals surface area contributed by atoms with Crippen LogP contribution >= 0.6 is 11.8 Å². The summed E-state index contributed by atoms with van der Waals surface area (Å²) in [6.45, 7) is 1.32. The first kappa shape index (κ1) is 9.04. The average molecular weight is 176 g/mol. The van der Waals surface area contributed by atoms with E-state index in [1.165, 1.54) is 13.3 Å². The van der Waals surface area contributed by atoms with E-state index < -0.39 is 6.17 Å². The van der Waals surface area contributed by atoms with Crippen LogP contribution in [0.25, 0.3) is 0 Å². The van der Waals surface area contributed by atoms with E-state index in [1.54, 1.807) is 11.8 Å². The van der Waals surface area contributed by atoms with Crippen molar-refractivity contribution in [3.8, 4) is 0 Å². The van der Waals surface area contributed by atoms with Gasteiger partial charge in [-0.1, -0.05) is 0 Å². The molecule has 3 heteroatoms. The number of alkyl halides is 1. The normalized spacial score (nSPS) is 26.9. The first-order chi connectivity index (χ1) is 5.20. The molecule has 0 spiro atoms. The van der Waals surface area contributed by atoms with E-state index in [0.29, 0.717) is 11.7 Å². The third-order valence-corrected chi connectivity index (χ3v) is 3.36. The van der Waals surface area contributed by atoms with Crippen LogP contribution in [0.3, 0.4) is 0 Å². The lowest BCUT2D eigenvalue weighted by atomic mass is 10.1. The minimum atomic E-state index is -1.22. The standard InChI is InChI=1S/C8H13FOS/c1-6(10)8(9)5-7-3-2-4-11-7/h7-8H,2-5H2,1H3. The van der Waals surface area contributed by atoms with Gasteiger partial charge in [0.1, 0.15) is 0 Å². The maximum absolute atomic E-state index is 12.8. The Morgan fingerprint density at radius 3 is 3.00 bits per heavy atom. The highest BCUT2D eigenvalue weighted by molar-refractivity contribution is 8.00. The number of rotatable bonds is 3. The van der Waals surface area contributed by atoms with Crippen molar-refractivity contribution in [1.82, 2.24) is 0 Å². The second kappa shape index (κ2) is 4.10. The number of ketones is 1. The molecule has 2 atom stereocenters. The molecule has 1 nitrogen and oxygen atoms in total. The van der Waals surface area contributed by atoms with Crippen LogP contribution in [-0.4, -0.2) is 23.0 Å². The molecule has 1 fully saturated rings. The Hall–Kier alpha value is -0.0500. The van der Waals surface area contributed by atoms with Gasteiger partial charge in [-0.3, -0.25) is 4.79 Å². The van der Waals surface area contributed by atoms with Crippen LogP contribution < -0.4 is 0 Å². The predicted octanol–water partition coefficient (Wildman–Crippen LogP) is 2.20. The molecule has 1 saturated heterocycles. The third-order valence-electron chi connectivity index (χ3n) is 1.93. The van der Waals surface area contributed by atoms with Crippen molar-refractivity contribution in [3.63, 3.8) is 0 Å². The molecule has 0 saturated carbocycles. The third kappa shape index (κ3) is 2.81. The van der Waals surface area contributed by atoms with E-state index in [-0.39, 0.29) is 5.78 Å². The topological polar surface area (TPSA) is 17.1 Å². The summed E-state index contributed by atoms with van der Waals surface area (Å²) < 4.78 is 12.8. The number of carbonyl (C=O) groups is 1. The SMILES string of the molecule is CC(=O)C(F)CC1CCCS1. The van der Waals surface area contributed by atoms with Crippen molar-refractivity contribution in [3.05, 3.63) is 0 Å². The second-order valence-electron chi connectivity index (χ2n) is 2.95. The van der Waals surface area contributed by atoms with Gasteiger partial charge in [0.2, 0.25) is 0 Å². The fraction of sp³-hybridized carbons (Fsp3) is 0.875. The zero-order chi connectivity index (χ0) is 8.27. The fourth-order valence-corrected chi connectivity index (χ4v) is 2.53. The van der Waals surface area contributed by atoms with Gasteiger partial charge in [0.15, 0.2) is 12.0 Å². The summed E-state index contributed by atoms with van der Waals surface area (Å²) in [6.07, 6.45) is 1.48. The molecule has 0 aliphatic carbocycles. The van der Waals surface area contributed by atoms with Crippen molar-refractivity contribution in [2.75, 3.05) is 5.75 Å². The molecule has 1 aliphatic rings. The van der Waals surface area contributed by atoms with Gasteiger partial charge in [-0.2, -0.15) is 11.8 Å². The summed E-state index contributed by atoms with van der Waals surface area (Å²) in [5.41, 5.74) is 0. The minimum Gasteiger partial charge on any atom is -0.297 e. The molecule has 2 unspecified atom stereocenters. The molecule has 1 rings (SSSR count). The second-order valence-corrected chi connectivity index (χ2v) is 4.36. The van der Waals surface area contributed by atoms with E-state index in [9.17, 15) is 9.18 Å². The van der Waals surface area contributed by atoms with E-state index in [4.69, 9.17) is 0 Å². The Morgan fingerprint density at radius 1 is 1.82 bits per heavy atom. The van der Waals surface area contributed by atoms with Crippen LogP contribution in [0, 0.1) is 0 Å². The molecule has 0 amide bonds. The van der Waals surface area contributed by atoms with E-state index >= 15 is 0 Å². The van der Waals surface area contributed by atoms with Crippen LogP contribution in [0.4, 0.5) is 4.39 Å². The first-order valence-corrected chi connectivity index (χ1v) is 5.01. The van der Waals surface area contributed by atoms with E-state index in [0.717, 1.165) is 12.2 Å². The molecule has 0 aromatic heterocycles. The molecule has 1 heterocycles. The van der Waals surface area contributed by atoms with Crippen molar-refractivity contribution in [1.29, 1.82) is 0 Å². The predicted molar refractivity (Wildman–Crippen MR) is 45.7 cm³/mol. The number of thioether (sulfide) groups is 1. The first-order valence-electron chi connectivity index (χ1n) is 3.96. The Labute approximate surface area is 70.7 Å². The number of hydrogen-bond acceptors (Lipinski definition) is 2. The fourth-order valence-electron chi connectivity index (χ4n) is 1.23. The van der Waals surface area contributed by atoms with Gasteiger partial charge in [0.05, 0.1) is 0 Å². The summed E-state index contributed by atoms with van der Waals surface area (Å²) in [7, 11) is 0. The van der Waals surface area contributed by atoms with Gasteiger partial charge in [-0.15, -0.1) is 0 Å². The van der Waals surface area contributed by atoms with E-state index in [2.05, 4.69) is 0 Å². The van der Waals surface area contributed by atoms with Gasteiger partial charge in [-0.25, -0.2) is 4.39 Å². The summed E-state index contributed by atoms with van der Waals surface area (Å²) in [5.74, 6) is 0.812. The molecule has 64 valence electrons. The average Bonchev–Trinajstić information content (AvgIpc) is 2.39. The summed E-state index contributed by atoms with van der Waals surface area (Å²) >= 11 is 1.80. The Kier molecular flexibility index (Phi) is 3.37. The number of Topliss-reactive ketones (excluding diaryl/α,β-unsaturated/α-hetero) is 1. The quantitative estimate of drug-likeness (QED) is 0.655. The lowest BCUT2D eigenvalue weighted by Gasteiger charge is -2.09. The summed E-state index contributed by atoms with van der Waals surface area (Å²) in [4.78, 5) is 10.5. The lowest BCUT2D eigenvalue weighted by Crippen LogP contribution is -2.16. The van der Waals surface area contributed by atoms with Gasteiger partial charge in [0.25, 0.3) is 0 Å². The molecule has 0 aromatic rings. The van der Waals surface area contributed by atoms with Crippen molar-refractivity contribution < 1.29 is 9.18 Å². The lowest BCUT2D eigenvalue weighted by molar-refractivity contribution is -0.121.